The van der Waals surface area contributed by atoms with Crippen molar-refractivity contribution in [2.75, 3.05) is 24.5 Å². The number of anilines is 1. The van der Waals surface area contributed by atoms with Gasteiger partial charge in [0.1, 0.15) is 5.82 Å². The predicted molar refractivity (Wildman–Crippen MR) is 78.6 cm³/mol. The van der Waals surface area contributed by atoms with E-state index in [9.17, 15) is 13.6 Å². The smallest absolute Gasteiger partial charge is 0.242 e. The maximum atomic E-state index is 13.2. The minimum atomic E-state index is -0.895. The van der Waals surface area contributed by atoms with Crippen LogP contribution in [0.1, 0.15) is 11.4 Å². The molecule has 0 aliphatic carbocycles. The highest BCUT2D eigenvalue weighted by atomic mass is 32.1. The summed E-state index contributed by atoms with van der Waals surface area (Å²) in [5.41, 5.74) is 0.576. The van der Waals surface area contributed by atoms with E-state index < -0.39 is 11.6 Å². The van der Waals surface area contributed by atoms with E-state index in [0.717, 1.165) is 17.3 Å². The summed E-state index contributed by atoms with van der Waals surface area (Å²) in [4.78, 5) is 20.0. The molecule has 3 rings (SSSR count). The van der Waals surface area contributed by atoms with Crippen molar-refractivity contribution in [3.05, 3.63) is 41.2 Å². The third kappa shape index (κ3) is 3.06. The zero-order chi connectivity index (χ0) is 15.7. The Morgan fingerprint density at radius 2 is 2.09 bits per heavy atom. The summed E-state index contributed by atoms with van der Waals surface area (Å²) in [6, 6.07) is 3.70. The Hall–Kier alpha value is -2.09. The van der Waals surface area contributed by atoms with Gasteiger partial charge in [-0.05, 0) is 24.6 Å². The molecule has 1 saturated heterocycles. The molecule has 8 heteroatoms. The molecule has 0 atom stereocenters. The molecule has 1 amide bonds. The highest BCUT2D eigenvalue weighted by Crippen LogP contribution is 2.20. The van der Waals surface area contributed by atoms with Gasteiger partial charge in [0.05, 0.1) is 6.54 Å². The van der Waals surface area contributed by atoms with Gasteiger partial charge in [-0.15, -0.1) is 0 Å². The fourth-order valence-corrected chi connectivity index (χ4v) is 3.01. The lowest BCUT2D eigenvalue weighted by atomic mass is 10.2. The van der Waals surface area contributed by atoms with Gasteiger partial charge in [-0.1, -0.05) is 6.07 Å². The molecule has 0 radical (unpaired) electrons. The molecule has 1 aromatic heterocycles. The number of aromatic nitrogens is 2. The summed E-state index contributed by atoms with van der Waals surface area (Å²) in [5, 5.41) is 0.735. The molecular formula is C14H14F2N4OS. The molecule has 0 N–H and O–H groups in total. The normalized spacial score (nSPS) is 15.5. The summed E-state index contributed by atoms with van der Waals surface area (Å²) >= 11 is 1.27. The minimum absolute atomic E-state index is 0.0659. The molecule has 2 heterocycles. The first-order valence-electron chi connectivity index (χ1n) is 6.80. The first kappa shape index (κ1) is 14.8. The monoisotopic (exact) mass is 324 g/mol. The topological polar surface area (TPSA) is 49.3 Å². The van der Waals surface area contributed by atoms with E-state index in [1.54, 1.807) is 11.8 Å². The van der Waals surface area contributed by atoms with Crippen LogP contribution in [-0.4, -0.2) is 39.8 Å². The first-order valence-corrected chi connectivity index (χ1v) is 7.57. The molecule has 116 valence electrons. The average molecular weight is 324 g/mol. The Balaban J connectivity index is 1.65. The van der Waals surface area contributed by atoms with Gasteiger partial charge in [-0.2, -0.15) is 4.37 Å². The van der Waals surface area contributed by atoms with Gasteiger partial charge in [0.15, 0.2) is 11.6 Å². The molecule has 5 nitrogen and oxygen atoms in total. The third-order valence-corrected chi connectivity index (χ3v) is 4.33. The number of halogens is 2. The van der Waals surface area contributed by atoms with E-state index in [0.29, 0.717) is 24.5 Å². The number of benzene rings is 1. The number of hydrogen-bond donors (Lipinski definition) is 0. The molecule has 1 aromatic carbocycles. The second kappa shape index (κ2) is 5.96. The third-order valence-electron chi connectivity index (χ3n) is 3.46. The standard InChI is InChI=1S/C14H14F2N4OS/c1-9-17-14(22-18-9)20-5-4-19(13(21)8-20)7-10-2-3-11(15)12(16)6-10/h2-3,6H,4-5,7-8H2,1H3. The Labute approximate surface area is 130 Å². The van der Waals surface area contributed by atoms with Crippen LogP contribution in [0.4, 0.5) is 13.9 Å². The van der Waals surface area contributed by atoms with Gasteiger partial charge in [-0.3, -0.25) is 4.79 Å². The van der Waals surface area contributed by atoms with Crippen LogP contribution in [-0.2, 0) is 11.3 Å². The van der Waals surface area contributed by atoms with Gasteiger partial charge in [-0.25, -0.2) is 13.8 Å². The zero-order valence-electron chi connectivity index (χ0n) is 11.9. The predicted octanol–water partition coefficient (Wildman–Crippen LogP) is 1.97. The van der Waals surface area contributed by atoms with Crippen LogP contribution < -0.4 is 4.90 Å². The highest BCUT2D eigenvalue weighted by Gasteiger charge is 2.26. The number of nitrogens with zero attached hydrogens (tertiary/aromatic N) is 4. The summed E-state index contributed by atoms with van der Waals surface area (Å²) in [6.45, 7) is 3.46. The van der Waals surface area contributed by atoms with Gasteiger partial charge < -0.3 is 9.80 Å². The van der Waals surface area contributed by atoms with E-state index in [4.69, 9.17) is 0 Å². The Bertz CT molecular complexity index is 706. The fraction of sp³-hybridized carbons (Fsp3) is 0.357. The molecular weight excluding hydrogens is 310 g/mol. The Kier molecular flexibility index (Phi) is 4.02. The maximum absolute atomic E-state index is 13.2. The number of piperazine rings is 1. The van der Waals surface area contributed by atoms with Crippen molar-refractivity contribution in [2.45, 2.75) is 13.5 Å². The molecule has 0 saturated carbocycles. The summed E-state index contributed by atoms with van der Waals surface area (Å²) in [7, 11) is 0. The van der Waals surface area contributed by atoms with Crippen LogP contribution in [0, 0.1) is 18.6 Å². The highest BCUT2D eigenvalue weighted by molar-refractivity contribution is 7.09. The number of rotatable bonds is 3. The van der Waals surface area contributed by atoms with Crippen LogP contribution in [0.5, 0.6) is 0 Å². The van der Waals surface area contributed by atoms with Gasteiger partial charge in [0.2, 0.25) is 11.0 Å². The van der Waals surface area contributed by atoms with Crippen LogP contribution in [0.15, 0.2) is 18.2 Å². The number of amides is 1. The fourth-order valence-electron chi connectivity index (χ4n) is 2.31. The number of carbonyl (C=O) groups excluding carboxylic acids is 1. The maximum Gasteiger partial charge on any atom is 0.242 e. The van der Waals surface area contributed by atoms with E-state index in [2.05, 4.69) is 9.36 Å². The molecule has 2 aromatic rings. The van der Waals surface area contributed by atoms with Crippen LogP contribution in [0.2, 0.25) is 0 Å². The van der Waals surface area contributed by atoms with Gasteiger partial charge in [0.25, 0.3) is 0 Å². The number of hydrogen-bond acceptors (Lipinski definition) is 5. The molecule has 1 aliphatic heterocycles. The van der Waals surface area contributed by atoms with E-state index in [-0.39, 0.29) is 19.0 Å². The second-order valence-electron chi connectivity index (χ2n) is 5.11. The lowest BCUT2D eigenvalue weighted by Gasteiger charge is -2.34. The lowest BCUT2D eigenvalue weighted by molar-refractivity contribution is -0.131. The Morgan fingerprint density at radius 3 is 2.73 bits per heavy atom. The van der Waals surface area contributed by atoms with Crippen molar-refractivity contribution in [2.24, 2.45) is 0 Å². The largest absolute Gasteiger partial charge is 0.336 e. The van der Waals surface area contributed by atoms with Crippen LogP contribution in [0.3, 0.4) is 0 Å². The molecule has 0 spiro atoms. The van der Waals surface area contributed by atoms with Crippen molar-refractivity contribution in [3.63, 3.8) is 0 Å². The van der Waals surface area contributed by atoms with Crippen LogP contribution in [0.25, 0.3) is 0 Å². The SMILES string of the molecule is Cc1nsc(N2CCN(Cc3ccc(F)c(F)c3)C(=O)C2)n1. The van der Waals surface area contributed by atoms with E-state index in [1.807, 2.05) is 4.90 Å². The minimum Gasteiger partial charge on any atom is -0.336 e. The van der Waals surface area contributed by atoms with Crippen molar-refractivity contribution in [1.29, 1.82) is 0 Å². The summed E-state index contributed by atoms with van der Waals surface area (Å²) in [5.74, 6) is -1.15. The first-order chi connectivity index (χ1) is 10.5. The molecule has 0 bridgehead atoms. The molecule has 1 fully saturated rings. The summed E-state index contributed by atoms with van der Waals surface area (Å²) < 4.78 is 30.2. The van der Waals surface area contributed by atoms with Crippen molar-refractivity contribution >= 4 is 22.6 Å². The van der Waals surface area contributed by atoms with E-state index >= 15 is 0 Å². The molecule has 0 unspecified atom stereocenters. The molecule has 22 heavy (non-hydrogen) atoms. The van der Waals surface area contributed by atoms with Crippen molar-refractivity contribution in [3.8, 4) is 0 Å². The summed E-state index contributed by atoms with van der Waals surface area (Å²) in [6.07, 6.45) is 0. The second-order valence-corrected chi connectivity index (χ2v) is 5.84. The average Bonchev–Trinajstić information content (AvgIpc) is 2.91. The number of carbonyl (C=O) groups is 1. The lowest BCUT2D eigenvalue weighted by Crippen LogP contribution is -2.50. The van der Waals surface area contributed by atoms with Crippen molar-refractivity contribution in [1.82, 2.24) is 14.3 Å². The van der Waals surface area contributed by atoms with Gasteiger partial charge >= 0.3 is 0 Å². The van der Waals surface area contributed by atoms with Crippen LogP contribution >= 0.6 is 11.5 Å². The Morgan fingerprint density at radius 1 is 1.27 bits per heavy atom. The van der Waals surface area contributed by atoms with E-state index in [1.165, 1.54) is 17.6 Å². The van der Waals surface area contributed by atoms with Gasteiger partial charge in [0, 0.05) is 31.2 Å². The zero-order valence-corrected chi connectivity index (χ0v) is 12.7. The van der Waals surface area contributed by atoms with Crippen molar-refractivity contribution < 1.29 is 13.6 Å². The number of aryl methyl sites for hydroxylation is 1. The molecule has 1 aliphatic rings. The quantitative estimate of drug-likeness (QED) is 0.866.